The van der Waals surface area contributed by atoms with E-state index < -0.39 is 30.7 Å². The van der Waals surface area contributed by atoms with Crippen molar-refractivity contribution >= 4 is 5.91 Å². The summed E-state index contributed by atoms with van der Waals surface area (Å²) in [5, 5.41) is 2.03. The first-order chi connectivity index (χ1) is 8.94. The van der Waals surface area contributed by atoms with Gasteiger partial charge >= 0.3 is 0 Å². The fraction of sp³-hybridized carbons (Fsp3) is 0.417. The van der Waals surface area contributed by atoms with E-state index >= 15 is 0 Å². The minimum Gasteiger partial charge on any atom is -0.490 e. The van der Waals surface area contributed by atoms with E-state index in [0.29, 0.717) is 0 Å². The second kappa shape index (κ2) is 6.98. The Labute approximate surface area is 108 Å². The number of benzene rings is 1. The van der Waals surface area contributed by atoms with Gasteiger partial charge in [-0.05, 0) is 12.1 Å². The number of hydrogen-bond acceptors (Lipinski definition) is 3. The third-order valence-corrected chi connectivity index (χ3v) is 2.27. The van der Waals surface area contributed by atoms with Crippen molar-refractivity contribution in [3.8, 4) is 5.75 Å². The molecule has 19 heavy (non-hydrogen) atoms. The van der Waals surface area contributed by atoms with E-state index in [1.54, 1.807) is 6.07 Å². The quantitative estimate of drug-likeness (QED) is 0.789. The van der Waals surface area contributed by atoms with Gasteiger partial charge in [-0.3, -0.25) is 4.79 Å². The molecular weight excluding hydrogens is 261 g/mol. The number of carbonyl (C=O) groups excluding carboxylic acids is 1. The lowest BCUT2D eigenvalue weighted by molar-refractivity contribution is -0.123. The number of para-hydroxylation sites is 1. The molecule has 106 valence electrons. The van der Waals surface area contributed by atoms with Gasteiger partial charge in [-0.25, -0.2) is 13.2 Å². The zero-order valence-corrected chi connectivity index (χ0v) is 10.2. The molecule has 0 bridgehead atoms. The average Bonchev–Trinajstić information content (AvgIpc) is 2.39. The Balaban J connectivity index is 2.26. The number of carbonyl (C=O) groups is 1. The highest BCUT2D eigenvalue weighted by Crippen LogP contribution is 2.15. The number of alkyl halides is 2. The van der Waals surface area contributed by atoms with Crippen LogP contribution in [0.3, 0.4) is 0 Å². The smallest absolute Gasteiger partial charge is 0.277 e. The normalized spacial score (nSPS) is 11.2. The number of hydrogen-bond donors (Lipinski definition) is 2. The van der Waals surface area contributed by atoms with Crippen molar-refractivity contribution in [2.75, 3.05) is 19.7 Å². The molecule has 1 rings (SSSR count). The van der Waals surface area contributed by atoms with E-state index in [0.717, 1.165) is 0 Å². The van der Waals surface area contributed by atoms with Crippen molar-refractivity contribution in [3.05, 3.63) is 30.1 Å². The van der Waals surface area contributed by atoms with E-state index in [9.17, 15) is 18.0 Å². The average molecular weight is 276 g/mol. The summed E-state index contributed by atoms with van der Waals surface area (Å²) in [5.74, 6) is -4.26. The van der Waals surface area contributed by atoms with Crippen molar-refractivity contribution in [3.63, 3.8) is 0 Å². The number of rotatable bonds is 7. The van der Waals surface area contributed by atoms with Crippen molar-refractivity contribution in [2.24, 2.45) is 5.73 Å². The summed E-state index contributed by atoms with van der Waals surface area (Å²) in [4.78, 5) is 11.2. The van der Waals surface area contributed by atoms with Crippen LogP contribution in [0.25, 0.3) is 0 Å². The largest absolute Gasteiger partial charge is 0.490 e. The molecule has 0 saturated carbocycles. The lowest BCUT2D eigenvalue weighted by atomic mass is 10.3. The summed E-state index contributed by atoms with van der Waals surface area (Å²) in [6.07, 6.45) is -0.144. The van der Waals surface area contributed by atoms with E-state index in [-0.39, 0.29) is 18.8 Å². The lowest BCUT2D eigenvalue weighted by Crippen LogP contribution is -2.41. The number of nitrogens with two attached hydrogens (primary N) is 1. The Bertz CT molecular complexity index is 427. The van der Waals surface area contributed by atoms with Gasteiger partial charge in [-0.15, -0.1) is 0 Å². The van der Waals surface area contributed by atoms with Crippen LogP contribution in [0.2, 0.25) is 0 Å². The maximum absolute atomic E-state index is 13.1. The molecule has 0 aliphatic rings. The van der Waals surface area contributed by atoms with Gasteiger partial charge in [0.05, 0.1) is 26.1 Å². The molecule has 1 amide bonds. The summed E-state index contributed by atoms with van der Waals surface area (Å²) in [6.45, 7) is -1.75. The molecule has 0 aliphatic carbocycles. The van der Waals surface area contributed by atoms with Crippen LogP contribution in [0, 0.1) is 5.82 Å². The Morgan fingerprint density at radius 3 is 2.68 bits per heavy atom. The molecular formula is C12H15F3N2O2. The molecule has 0 heterocycles. The molecule has 0 atom stereocenters. The molecule has 0 aliphatic heterocycles. The number of amides is 1. The summed E-state index contributed by atoms with van der Waals surface area (Å²) in [5.41, 5.74) is 4.82. The summed E-state index contributed by atoms with van der Waals surface area (Å²) in [7, 11) is 0. The highest BCUT2D eigenvalue weighted by molar-refractivity contribution is 5.76. The maximum atomic E-state index is 13.1. The van der Waals surface area contributed by atoms with Crippen LogP contribution in [-0.4, -0.2) is 31.5 Å². The molecule has 0 radical (unpaired) electrons. The predicted octanol–water partition coefficient (Wildman–Crippen LogP) is 1.30. The third-order valence-electron chi connectivity index (χ3n) is 2.27. The zero-order chi connectivity index (χ0) is 14.3. The van der Waals surface area contributed by atoms with E-state index in [1.165, 1.54) is 18.2 Å². The standard InChI is InChI=1S/C12H15F3N2O2/c13-9-3-1-2-4-10(9)19-6-5-11(18)17-8-12(14,15)7-16/h1-4H,5-8,16H2,(H,17,18). The van der Waals surface area contributed by atoms with Gasteiger partial charge < -0.3 is 15.8 Å². The minimum absolute atomic E-state index is 0.0163. The van der Waals surface area contributed by atoms with Crippen LogP contribution < -0.4 is 15.8 Å². The van der Waals surface area contributed by atoms with E-state index in [2.05, 4.69) is 0 Å². The van der Waals surface area contributed by atoms with Gasteiger partial charge in [0.25, 0.3) is 5.92 Å². The molecule has 0 fully saturated rings. The zero-order valence-electron chi connectivity index (χ0n) is 10.2. The van der Waals surface area contributed by atoms with Crippen LogP contribution in [0.5, 0.6) is 5.75 Å². The second-order valence-electron chi connectivity index (χ2n) is 3.87. The summed E-state index contributed by atoms with van der Waals surface area (Å²) in [6, 6.07) is 5.72. The number of halogens is 3. The first kappa shape index (κ1) is 15.3. The predicted molar refractivity (Wildman–Crippen MR) is 63.5 cm³/mol. The monoisotopic (exact) mass is 276 g/mol. The van der Waals surface area contributed by atoms with Gasteiger partial charge in [0.15, 0.2) is 11.6 Å². The van der Waals surface area contributed by atoms with Crippen molar-refractivity contribution in [1.29, 1.82) is 0 Å². The van der Waals surface area contributed by atoms with Gasteiger partial charge in [-0.1, -0.05) is 12.1 Å². The lowest BCUT2D eigenvalue weighted by Gasteiger charge is -2.14. The van der Waals surface area contributed by atoms with Crippen LogP contribution in [0.15, 0.2) is 24.3 Å². The summed E-state index contributed by atoms with van der Waals surface area (Å²) < 4.78 is 43.6. The van der Waals surface area contributed by atoms with Gasteiger partial charge in [0.2, 0.25) is 5.91 Å². The molecule has 1 aromatic rings. The minimum atomic E-state index is -3.12. The Hall–Kier alpha value is -1.76. The molecule has 7 heteroatoms. The Morgan fingerprint density at radius 1 is 1.37 bits per heavy atom. The number of nitrogens with one attached hydrogen (secondary N) is 1. The first-order valence-electron chi connectivity index (χ1n) is 5.66. The molecule has 0 unspecified atom stereocenters. The Morgan fingerprint density at radius 2 is 2.05 bits per heavy atom. The van der Waals surface area contributed by atoms with E-state index in [1.807, 2.05) is 5.32 Å². The third kappa shape index (κ3) is 5.60. The highest BCUT2D eigenvalue weighted by Gasteiger charge is 2.26. The first-order valence-corrected chi connectivity index (χ1v) is 5.66. The second-order valence-corrected chi connectivity index (χ2v) is 3.87. The number of ether oxygens (including phenoxy) is 1. The molecule has 0 saturated heterocycles. The molecule has 0 aromatic heterocycles. The van der Waals surface area contributed by atoms with E-state index in [4.69, 9.17) is 10.5 Å². The van der Waals surface area contributed by atoms with Crippen LogP contribution in [0.4, 0.5) is 13.2 Å². The molecule has 0 spiro atoms. The van der Waals surface area contributed by atoms with Gasteiger partial charge in [0.1, 0.15) is 0 Å². The van der Waals surface area contributed by atoms with Crippen molar-refractivity contribution in [1.82, 2.24) is 5.32 Å². The van der Waals surface area contributed by atoms with Gasteiger partial charge in [-0.2, -0.15) is 0 Å². The summed E-state index contributed by atoms with van der Waals surface area (Å²) >= 11 is 0. The molecule has 1 aromatic carbocycles. The highest BCUT2D eigenvalue weighted by atomic mass is 19.3. The topological polar surface area (TPSA) is 64.3 Å². The van der Waals surface area contributed by atoms with Crippen LogP contribution in [-0.2, 0) is 4.79 Å². The maximum Gasteiger partial charge on any atom is 0.277 e. The van der Waals surface area contributed by atoms with Crippen LogP contribution >= 0.6 is 0 Å². The molecule has 3 N–H and O–H groups in total. The van der Waals surface area contributed by atoms with Crippen LogP contribution in [0.1, 0.15) is 6.42 Å². The van der Waals surface area contributed by atoms with Crippen molar-refractivity contribution in [2.45, 2.75) is 12.3 Å². The molecule has 4 nitrogen and oxygen atoms in total. The van der Waals surface area contributed by atoms with Crippen molar-refractivity contribution < 1.29 is 22.7 Å². The fourth-order valence-electron chi connectivity index (χ4n) is 1.20. The van der Waals surface area contributed by atoms with Gasteiger partial charge in [0, 0.05) is 0 Å². The fourth-order valence-corrected chi connectivity index (χ4v) is 1.20. The Kier molecular flexibility index (Phi) is 5.62. The SMILES string of the molecule is NCC(F)(F)CNC(=O)CCOc1ccccc1F.